The number of hydrogen-bond donors (Lipinski definition) is 1. The van der Waals surface area contributed by atoms with Crippen LogP contribution in [-0.2, 0) is 10.0 Å². The Morgan fingerprint density at radius 3 is 2.38 bits per heavy atom. The number of hydrogen-bond acceptors (Lipinski definition) is 2. The van der Waals surface area contributed by atoms with E-state index < -0.39 is 10.0 Å². The van der Waals surface area contributed by atoms with Crippen LogP contribution in [0.1, 0.15) is 31.7 Å². The van der Waals surface area contributed by atoms with Crippen molar-refractivity contribution in [3.05, 3.63) is 58.6 Å². The van der Waals surface area contributed by atoms with Gasteiger partial charge in [-0.3, -0.25) is 4.72 Å². The molecule has 0 saturated carbocycles. The van der Waals surface area contributed by atoms with Crippen LogP contribution in [-0.4, -0.2) is 8.42 Å². The Morgan fingerprint density at radius 1 is 1.10 bits per heavy atom. The zero-order valence-electron chi connectivity index (χ0n) is 12.0. The number of halogens is 1. The van der Waals surface area contributed by atoms with Gasteiger partial charge in [-0.2, -0.15) is 0 Å². The summed E-state index contributed by atoms with van der Waals surface area (Å²) in [6, 6.07) is 14.3. The molecule has 0 spiro atoms. The molecule has 1 N–H and O–H groups in total. The summed E-state index contributed by atoms with van der Waals surface area (Å²) in [5, 5.41) is 0. The third-order valence-corrected chi connectivity index (χ3v) is 5.85. The highest BCUT2D eigenvalue weighted by Crippen LogP contribution is 2.29. The zero-order valence-corrected chi connectivity index (χ0v) is 14.4. The number of para-hydroxylation sites is 1. The van der Waals surface area contributed by atoms with Crippen molar-refractivity contribution in [3.63, 3.8) is 0 Å². The monoisotopic (exact) mass is 367 g/mol. The molecule has 112 valence electrons. The van der Waals surface area contributed by atoms with E-state index in [0.717, 1.165) is 12.0 Å². The van der Waals surface area contributed by atoms with Gasteiger partial charge in [-0.15, -0.1) is 0 Å². The lowest BCUT2D eigenvalue weighted by Crippen LogP contribution is -2.15. The van der Waals surface area contributed by atoms with Gasteiger partial charge < -0.3 is 0 Å². The second-order valence-corrected chi connectivity index (χ2v) is 7.44. The molecular formula is C16H18BrNO2S. The Labute approximate surface area is 134 Å². The highest BCUT2D eigenvalue weighted by molar-refractivity contribution is 9.10. The normalized spacial score (nSPS) is 12.9. The van der Waals surface area contributed by atoms with Crippen molar-refractivity contribution in [2.45, 2.75) is 31.1 Å². The van der Waals surface area contributed by atoms with E-state index in [-0.39, 0.29) is 4.90 Å². The summed E-state index contributed by atoms with van der Waals surface area (Å²) in [6.45, 7) is 4.18. The molecule has 0 radical (unpaired) electrons. The third-order valence-electron chi connectivity index (χ3n) is 3.47. The van der Waals surface area contributed by atoms with Gasteiger partial charge in [0.15, 0.2) is 0 Å². The van der Waals surface area contributed by atoms with Crippen molar-refractivity contribution >= 4 is 31.6 Å². The molecule has 0 heterocycles. The van der Waals surface area contributed by atoms with Gasteiger partial charge in [0.2, 0.25) is 0 Å². The Balaban J connectivity index is 2.41. The lowest BCUT2D eigenvalue weighted by atomic mass is 9.97. The van der Waals surface area contributed by atoms with Crippen LogP contribution in [0, 0.1) is 0 Å². The maximum Gasteiger partial charge on any atom is 0.263 e. The van der Waals surface area contributed by atoms with Crippen molar-refractivity contribution < 1.29 is 8.42 Å². The van der Waals surface area contributed by atoms with Crippen molar-refractivity contribution in [2.24, 2.45) is 0 Å². The topological polar surface area (TPSA) is 46.2 Å². The van der Waals surface area contributed by atoms with Gasteiger partial charge in [0, 0.05) is 4.47 Å². The quantitative estimate of drug-likeness (QED) is 0.827. The maximum atomic E-state index is 12.5. The molecule has 21 heavy (non-hydrogen) atoms. The molecule has 0 bridgehead atoms. The summed E-state index contributed by atoms with van der Waals surface area (Å²) < 4.78 is 28.3. The first kappa shape index (κ1) is 16.0. The first-order valence-corrected chi connectivity index (χ1v) is 9.09. The summed E-state index contributed by atoms with van der Waals surface area (Å²) >= 11 is 3.29. The molecule has 0 aliphatic heterocycles. The number of anilines is 1. The number of nitrogens with one attached hydrogen (secondary N) is 1. The molecule has 0 unspecified atom stereocenters. The summed E-state index contributed by atoms with van der Waals surface area (Å²) in [6.07, 6.45) is 0.952. The molecule has 3 nitrogen and oxygen atoms in total. The Morgan fingerprint density at radius 2 is 1.71 bits per heavy atom. The zero-order chi connectivity index (χ0) is 15.5. The first-order valence-electron chi connectivity index (χ1n) is 6.82. The predicted octanol–water partition coefficient (Wildman–Crippen LogP) is 4.76. The van der Waals surface area contributed by atoms with E-state index in [4.69, 9.17) is 0 Å². The van der Waals surface area contributed by atoms with E-state index in [1.54, 1.807) is 30.3 Å². The van der Waals surface area contributed by atoms with E-state index >= 15 is 0 Å². The first-order chi connectivity index (χ1) is 9.95. The van der Waals surface area contributed by atoms with Gasteiger partial charge in [0.25, 0.3) is 10.0 Å². The van der Waals surface area contributed by atoms with E-state index in [1.165, 1.54) is 0 Å². The molecule has 1 atom stereocenters. The van der Waals surface area contributed by atoms with Crippen LogP contribution < -0.4 is 4.72 Å². The van der Waals surface area contributed by atoms with Crippen LogP contribution in [0.25, 0.3) is 0 Å². The molecule has 0 fully saturated rings. The maximum absolute atomic E-state index is 12.5. The molecule has 0 aliphatic rings. The van der Waals surface area contributed by atoms with E-state index in [0.29, 0.717) is 16.1 Å². The minimum Gasteiger partial charge on any atom is -0.279 e. The lowest BCUT2D eigenvalue weighted by Gasteiger charge is -2.17. The largest absolute Gasteiger partial charge is 0.279 e. The Hall–Kier alpha value is -1.33. The fourth-order valence-electron chi connectivity index (χ4n) is 2.10. The van der Waals surface area contributed by atoms with Crippen LogP contribution in [0.2, 0.25) is 0 Å². The van der Waals surface area contributed by atoms with Gasteiger partial charge in [0.05, 0.1) is 5.69 Å². The molecule has 0 aliphatic carbocycles. The highest BCUT2D eigenvalue weighted by atomic mass is 79.9. The van der Waals surface area contributed by atoms with Gasteiger partial charge in [0.1, 0.15) is 4.90 Å². The molecule has 0 saturated heterocycles. The minimum absolute atomic E-state index is 0.240. The molecule has 2 rings (SSSR count). The average Bonchev–Trinajstić information content (AvgIpc) is 2.47. The van der Waals surface area contributed by atoms with Crippen LogP contribution in [0.5, 0.6) is 0 Å². The van der Waals surface area contributed by atoms with Crippen LogP contribution >= 0.6 is 15.9 Å². The SMILES string of the molecule is CC[C@@H](C)c1ccccc1NS(=O)(=O)c1ccccc1Br. The summed E-state index contributed by atoms with van der Waals surface area (Å²) in [4.78, 5) is 0.240. The standard InChI is InChI=1S/C16H18BrNO2S/c1-3-12(2)13-8-4-6-10-15(13)18-21(19,20)16-11-7-5-9-14(16)17/h4-12,18H,3H2,1-2H3/t12-/m1/s1. The summed E-state index contributed by atoms with van der Waals surface area (Å²) in [7, 11) is -3.61. The number of rotatable bonds is 5. The highest BCUT2D eigenvalue weighted by Gasteiger charge is 2.19. The van der Waals surface area contributed by atoms with Crippen molar-refractivity contribution in [3.8, 4) is 0 Å². The predicted molar refractivity (Wildman–Crippen MR) is 90.1 cm³/mol. The van der Waals surface area contributed by atoms with Crippen LogP contribution in [0.3, 0.4) is 0 Å². The van der Waals surface area contributed by atoms with E-state index in [2.05, 4.69) is 34.5 Å². The van der Waals surface area contributed by atoms with Gasteiger partial charge in [-0.25, -0.2) is 8.42 Å². The van der Waals surface area contributed by atoms with E-state index in [1.807, 2.05) is 18.2 Å². The molecule has 2 aromatic carbocycles. The van der Waals surface area contributed by atoms with Crippen LogP contribution in [0.4, 0.5) is 5.69 Å². The second kappa shape index (κ2) is 6.62. The van der Waals surface area contributed by atoms with Gasteiger partial charge >= 0.3 is 0 Å². The second-order valence-electron chi connectivity index (χ2n) is 4.93. The molecule has 5 heteroatoms. The summed E-state index contributed by atoms with van der Waals surface area (Å²) in [5.41, 5.74) is 1.65. The van der Waals surface area contributed by atoms with E-state index in [9.17, 15) is 8.42 Å². The minimum atomic E-state index is -3.61. The smallest absolute Gasteiger partial charge is 0.263 e. The van der Waals surface area contributed by atoms with Crippen molar-refractivity contribution in [1.82, 2.24) is 0 Å². The summed E-state index contributed by atoms with van der Waals surface area (Å²) in [5.74, 6) is 0.295. The van der Waals surface area contributed by atoms with Crippen LogP contribution in [0.15, 0.2) is 57.9 Å². The Bertz CT molecular complexity index is 729. The lowest BCUT2D eigenvalue weighted by molar-refractivity contribution is 0.600. The average molecular weight is 368 g/mol. The molecule has 2 aromatic rings. The molecule has 0 aromatic heterocycles. The Kier molecular flexibility index (Phi) is 5.06. The fraction of sp³-hybridized carbons (Fsp3) is 0.250. The fourth-order valence-corrected chi connectivity index (χ4v) is 4.19. The van der Waals surface area contributed by atoms with Crippen molar-refractivity contribution in [1.29, 1.82) is 0 Å². The van der Waals surface area contributed by atoms with Gasteiger partial charge in [-0.05, 0) is 52.0 Å². The van der Waals surface area contributed by atoms with Gasteiger partial charge in [-0.1, -0.05) is 44.2 Å². The number of sulfonamides is 1. The molecular weight excluding hydrogens is 350 g/mol. The third kappa shape index (κ3) is 3.66. The van der Waals surface area contributed by atoms with Crippen molar-refractivity contribution in [2.75, 3.05) is 4.72 Å². The number of benzene rings is 2. The molecule has 0 amide bonds.